The lowest BCUT2D eigenvalue weighted by Crippen LogP contribution is -2.39. The number of rotatable bonds is 3. The summed E-state index contributed by atoms with van der Waals surface area (Å²) in [6.07, 6.45) is 1.20. The minimum absolute atomic E-state index is 0.0655. The highest BCUT2D eigenvalue weighted by atomic mass is 32.2. The highest BCUT2D eigenvalue weighted by Gasteiger charge is 2.31. The fourth-order valence-electron chi connectivity index (χ4n) is 2.21. The van der Waals surface area contributed by atoms with Crippen molar-refractivity contribution in [2.45, 2.75) is 17.7 Å². The lowest BCUT2D eigenvalue weighted by Gasteiger charge is -2.30. The second-order valence-electron chi connectivity index (χ2n) is 4.68. The molecule has 0 atom stereocenters. The van der Waals surface area contributed by atoms with Crippen molar-refractivity contribution in [3.05, 3.63) is 24.0 Å². The first-order valence-corrected chi connectivity index (χ1v) is 7.56. The molecule has 1 saturated heterocycles. The van der Waals surface area contributed by atoms with Gasteiger partial charge in [0.2, 0.25) is 10.0 Å². The van der Waals surface area contributed by atoms with Crippen molar-refractivity contribution in [3.8, 4) is 0 Å². The lowest BCUT2D eigenvalue weighted by atomic mass is 10.00. The van der Waals surface area contributed by atoms with Crippen molar-refractivity contribution in [2.75, 3.05) is 25.4 Å². The van der Waals surface area contributed by atoms with E-state index in [2.05, 4.69) is 0 Å². The number of nitrogens with two attached hydrogens (primary N) is 1. The fraction of sp³-hybridized carbons (Fsp3) is 0.500. The predicted molar refractivity (Wildman–Crippen MR) is 69.4 cm³/mol. The molecule has 0 aliphatic carbocycles. The van der Waals surface area contributed by atoms with Crippen LogP contribution < -0.4 is 5.73 Å². The van der Waals surface area contributed by atoms with Crippen LogP contribution in [0, 0.1) is 11.7 Å². The van der Waals surface area contributed by atoms with Crippen LogP contribution in [-0.4, -0.2) is 37.5 Å². The van der Waals surface area contributed by atoms with Crippen LogP contribution in [-0.2, 0) is 10.0 Å². The average Bonchev–Trinajstić information content (AvgIpc) is 2.41. The quantitative estimate of drug-likeness (QED) is 0.806. The summed E-state index contributed by atoms with van der Waals surface area (Å²) in [5.41, 5.74) is 5.17. The summed E-state index contributed by atoms with van der Waals surface area (Å²) < 4.78 is 39.4. The number of aliphatic hydroxyl groups is 1. The van der Waals surface area contributed by atoms with E-state index in [1.54, 1.807) is 0 Å². The Kier molecular flexibility index (Phi) is 4.07. The highest BCUT2D eigenvalue weighted by molar-refractivity contribution is 7.89. The monoisotopic (exact) mass is 288 g/mol. The van der Waals surface area contributed by atoms with Gasteiger partial charge in [-0.05, 0) is 30.9 Å². The Bertz CT molecular complexity index is 554. The van der Waals surface area contributed by atoms with Crippen LogP contribution in [0.4, 0.5) is 10.1 Å². The zero-order valence-electron chi connectivity index (χ0n) is 10.4. The molecule has 19 heavy (non-hydrogen) atoms. The van der Waals surface area contributed by atoms with E-state index in [1.165, 1.54) is 16.4 Å². The van der Waals surface area contributed by atoms with Crippen molar-refractivity contribution in [2.24, 2.45) is 5.92 Å². The first-order valence-electron chi connectivity index (χ1n) is 6.12. The van der Waals surface area contributed by atoms with E-state index >= 15 is 0 Å². The summed E-state index contributed by atoms with van der Waals surface area (Å²) >= 11 is 0. The topological polar surface area (TPSA) is 83.6 Å². The van der Waals surface area contributed by atoms with Gasteiger partial charge in [-0.15, -0.1) is 0 Å². The van der Waals surface area contributed by atoms with Crippen LogP contribution in [0.25, 0.3) is 0 Å². The van der Waals surface area contributed by atoms with Gasteiger partial charge in [-0.2, -0.15) is 4.31 Å². The second kappa shape index (κ2) is 5.44. The van der Waals surface area contributed by atoms with Crippen molar-refractivity contribution in [1.82, 2.24) is 4.31 Å². The molecule has 1 aliphatic rings. The minimum Gasteiger partial charge on any atom is -0.396 e. The maximum Gasteiger partial charge on any atom is 0.245 e. The van der Waals surface area contributed by atoms with Crippen LogP contribution >= 0.6 is 0 Å². The smallest absolute Gasteiger partial charge is 0.245 e. The Hall–Kier alpha value is -1.18. The molecule has 1 aliphatic heterocycles. The lowest BCUT2D eigenvalue weighted by molar-refractivity contribution is 0.170. The largest absolute Gasteiger partial charge is 0.396 e. The number of halogens is 1. The summed E-state index contributed by atoms with van der Waals surface area (Å²) in [6, 6.07) is 3.78. The van der Waals surface area contributed by atoms with Crippen LogP contribution in [0.3, 0.4) is 0 Å². The van der Waals surface area contributed by atoms with Crippen LogP contribution in [0.2, 0.25) is 0 Å². The first kappa shape index (κ1) is 14.2. The van der Waals surface area contributed by atoms with E-state index in [0.717, 1.165) is 6.07 Å². The summed E-state index contributed by atoms with van der Waals surface area (Å²) in [7, 11) is -3.76. The van der Waals surface area contributed by atoms with Gasteiger partial charge >= 0.3 is 0 Å². The fourth-order valence-corrected chi connectivity index (χ4v) is 3.81. The molecule has 5 nitrogen and oxygen atoms in total. The number of nitrogens with zero attached hydrogens (tertiary/aromatic N) is 1. The van der Waals surface area contributed by atoms with Gasteiger partial charge in [0.1, 0.15) is 10.7 Å². The third-order valence-corrected chi connectivity index (χ3v) is 5.42. The van der Waals surface area contributed by atoms with Crippen molar-refractivity contribution in [1.29, 1.82) is 0 Å². The molecule has 1 fully saturated rings. The molecule has 0 bridgehead atoms. The maximum absolute atomic E-state index is 13.4. The second-order valence-corrected chi connectivity index (χ2v) is 6.59. The normalized spacial score (nSPS) is 18.6. The standard InChI is InChI=1S/C12H17FN2O3S/c13-10-2-1-3-11(12(10)14)19(17,18)15-6-4-9(8-16)5-7-15/h1-3,9,16H,4-8,14H2. The third-order valence-electron chi connectivity index (χ3n) is 3.46. The van der Waals surface area contributed by atoms with E-state index in [4.69, 9.17) is 10.8 Å². The number of anilines is 1. The zero-order chi connectivity index (χ0) is 14.0. The molecule has 106 valence electrons. The number of para-hydroxylation sites is 1. The minimum atomic E-state index is -3.76. The van der Waals surface area contributed by atoms with Crippen molar-refractivity contribution < 1.29 is 17.9 Å². The van der Waals surface area contributed by atoms with Gasteiger partial charge in [-0.3, -0.25) is 0 Å². The van der Waals surface area contributed by atoms with Gasteiger partial charge in [0.15, 0.2) is 0 Å². The van der Waals surface area contributed by atoms with Gasteiger partial charge < -0.3 is 10.8 Å². The number of sulfonamides is 1. The molecule has 0 saturated carbocycles. The van der Waals surface area contributed by atoms with Crippen molar-refractivity contribution in [3.63, 3.8) is 0 Å². The Morgan fingerprint density at radius 2 is 2.00 bits per heavy atom. The number of aliphatic hydroxyl groups excluding tert-OH is 1. The highest BCUT2D eigenvalue weighted by Crippen LogP contribution is 2.27. The molecule has 1 heterocycles. The Labute approximate surface area is 111 Å². The number of piperidine rings is 1. The molecule has 7 heteroatoms. The summed E-state index contributed by atoms with van der Waals surface area (Å²) in [5.74, 6) is -0.595. The molecule has 1 aromatic carbocycles. The van der Waals surface area contributed by atoms with Crippen LogP contribution in [0.5, 0.6) is 0 Å². The maximum atomic E-state index is 13.4. The van der Waals surface area contributed by atoms with Gasteiger partial charge in [0, 0.05) is 19.7 Å². The van der Waals surface area contributed by atoms with Gasteiger partial charge in [-0.25, -0.2) is 12.8 Å². The molecule has 0 aromatic heterocycles. The van der Waals surface area contributed by atoms with E-state index in [1.807, 2.05) is 0 Å². The van der Waals surface area contributed by atoms with Gasteiger partial charge in [0.25, 0.3) is 0 Å². The molecule has 0 radical (unpaired) electrons. The molecule has 1 aromatic rings. The van der Waals surface area contributed by atoms with E-state index in [0.29, 0.717) is 25.9 Å². The summed E-state index contributed by atoms with van der Waals surface area (Å²) in [4.78, 5) is -0.185. The molecular formula is C12H17FN2O3S. The van der Waals surface area contributed by atoms with Gasteiger partial charge in [0.05, 0.1) is 5.69 Å². The number of hydrogen-bond donors (Lipinski definition) is 2. The third kappa shape index (κ3) is 2.72. The average molecular weight is 288 g/mol. The number of nitrogen functional groups attached to an aromatic ring is 1. The molecule has 0 amide bonds. The molecule has 0 unspecified atom stereocenters. The Morgan fingerprint density at radius 3 is 2.58 bits per heavy atom. The van der Waals surface area contributed by atoms with E-state index < -0.39 is 15.8 Å². The summed E-state index contributed by atoms with van der Waals surface area (Å²) in [5, 5.41) is 9.04. The Morgan fingerprint density at radius 1 is 1.37 bits per heavy atom. The van der Waals surface area contributed by atoms with Crippen LogP contribution in [0.1, 0.15) is 12.8 Å². The van der Waals surface area contributed by atoms with E-state index in [9.17, 15) is 12.8 Å². The number of hydrogen-bond acceptors (Lipinski definition) is 4. The molecule has 0 spiro atoms. The van der Waals surface area contributed by atoms with Gasteiger partial charge in [-0.1, -0.05) is 6.07 Å². The number of benzene rings is 1. The predicted octanol–water partition coefficient (Wildman–Crippen LogP) is 0.801. The van der Waals surface area contributed by atoms with Crippen LogP contribution in [0.15, 0.2) is 23.1 Å². The Balaban J connectivity index is 2.26. The zero-order valence-corrected chi connectivity index (χ0v) is 11.2. The summed E-state index contributed by atoms with van der Waals surface area (Å²) in [6.45, 7) is 0.711. The molecular weight excluding hydrogens is 271 g/mol. The first-order chi connectivity index (χ1) is 8.96. The van der Waals surface area contributed by atoms with E-state index in [-0.39, 0.29) is 23.1 Å². The molecule has 2 rings (SSSR count). The van der Waals surface area contributed by atoms with Crippen molar-refractivity contribution >= 4 is 15.7 Å². The molecule has 3 N–H and O–H groups in total. The SMILES string of the molecule is Nc1c(F)cccc1S(=O)(=O)N1CCC(CO)CC1.